The Morgan fingerprint density at radius 1 is 1.44 bits per heavy atom. The summed E-state index contributed by atoms with van der Waals surface area (Å²) in [5.41, 5.74) is 1.27. The Bertz CT molecular complexity index is 391. The van der Waals surface area contributed by atoms with Gasteiger partial charge in [-0.1, -0.05) is 44.2 Å². The Kier molecular flexibility index (Phi) is 4.37. The van der Waals surface area contributed by atoms with Crippen LogP contribution in [0, 0.1) is 5.92 Å². The molecule has 2 N–H and O–H groups in total. The van der Waals surface area contributed by atoms with Crippen molar-refractivity contribution >= 4 is 5.91 Å². The highest BCUT2D eigenvalue weighted by molar-refractivity contribution is 5.82. The zero-order chi connectivity index (χ0) is 13.0. The maximum absolute atomic E-state index is 12.0. The van der Waals surface area contributed by atoms with E-state index in [0.29, 0.717) is 18.4 Å². The molecule has 18 heavy (non-hydrogen) atoms. The molecule has 1 aromatic carbocycles. The third kappa shape index (κ3) is 3.10. The second-order valence-electron chi connectivity index (χ2n) is 5.25. The molecule has 0 spiro atoms. The van der Waals surface area contributed by atoms with Crippen LogP contribution in [0.1, 0.15) is 31.7 Å². The number of carbonyl (C=O) groups excluding carboxylic acids is 1. The van der Waals surface area contributed by atoms with Gasteiger partial charge in [-0.3, -0.25) is 4.79 Å². The number of amides is 1. The van der Waals surface area contributed by atoms with Gasteiger partial charge in [0.05, 0.1) is 6.04 Å². The van der Waals surface area contributed by atoms with Crippen LogP contribution >= 0.6 is 0 Å². The first kappa shape index (κ1) is 13.1. The molecule has 1 aliphatic heterocycles. The van der Waals surface area contributed by atoms with E-state index in [0.717, 1.165) is 13.0 Å². The van der Waals surface area contributed by atoms with Gasteiger partial charge in [-0.2, -0.15) is 0 Å². The second-order valence-corrected chi connectivity index (χ2v) is 5.25. The number of benzene rings is 1. The molecule has 3 nitrogen and oxygen atoms in total. The van der Waals surface area contributed by atoms with Crippen molar-refractivity contribution in [3.63, 3.8) is 0 Å². The van der Waals surface area contributed by atoms with E-state index < -0.39 is 0 Å². The molecule has 0 aliphatic carbocycles. The molecule has 1 aromatic rings. The third-order valence-electron chi connectivity index (χ3n) is 3.77. The van der Waals surface area contributed by atoms with Gasteiger partial charge in [0.2, 0.25) is 5.91 Å². The van der Waals surface area contributed by atoms with Gasteiger partial charge < -0.3 is 10.6 Å². The fraction of sp³-hybridized carbons (Fsp3) is 0.533. The van der Waals surface area contributed by atoms with Gasteiger partial charge in [0.15, 0.2) is 0 Å². The van der Waals surface area contributed by atoms with Gasteiger partial charge in [0.1, 0.15) is 0 Å². The molecule has 3 unspecified atom stereocenters. The van der Waals surface area contributed by atoms with Crippen LogP contribution < -0.4 is 10.6 Å². The lowest BCUT2D eigenvalue weighted by atomic mass is 10.00. The van der Waals surface area contributed by atoms with Gasteiger partial charge in [0, 0.05) is 6.54 Å². The van der Waals surface area contributed by atoms with E-state index in [9.17, 15) is 4.79 Å². The van der Waals surface area contributed by atoms with Crippen molar-refractivity contribution in [3.05, 3.63) is 35.9 Å². The van der Waals surface area contributed by atoms with Crippen LogP contribution in [0.4, 0.5) is 0 Å². The first-order valence-electron chi connectivity index (χ1n) is 6.74. The Hall–Kier alpha value is -1.35. The molecule has 1 saturated heterocycles. The molecular formula is C15H22N2O. The van der Waals surface area contributed by atoms with E-state index in [-0.39, 0.29) is 11.9 Å². The molecular weight excluding hydrogens is 224 g/mol. The summed E-state index contributed by atoms with van der Waals surface area (Å²) in [7, 11) is 0. The minimum absolute atomic E-state index is 0.00651. The first-order valence-corrected chi connectivity index (χ1v) is 6.74. The minimum atomic E-state index is -0.00651. The summed E-state index contributed by atoms with van der Waals surface area (Å²) >= 11 is 0. The van der Waals surface area contributed by atoms with E-state index in [1.807, 2.05) is 18.2 Å². The SMILES string of the molecule is CC(CNC(=O)C1NCCC1C)c1ccccc1. The fourth-order valence-corrected chi connectivity index (χ4v) is 2.45. The van der Waals surface area contributed by atoms with Gasteiger partial charge in [0.25, 0.3) is 0 Å². The van der Waals surface area contributed by atoms with E-state index in [1.165, 1.54) is 5.56 Å². The van der Waals surface area contributed by atoms with Crippen molar-refractivity contribution in [1.82, 2.24) is 10.6 Å². The number of hydrogen-bond acceptors (Lipinski definition) is 2. The highest BCUT2D eigenvalue weighted by atomic mass is 16.2. The standard InChI is InChI=1S/C15H22N2O/c1-11-8-9-16-14(11)15(18)17-10-12(2)13-6-4-3-5-7-13/h3-7,11-12,14,16H,8-10H2,1-2H3,(H,17,18). The lowest BCUT2D eigenvalue weighted by Crippen LogP contribution is -2.44. The third-order valence-corrected chi connectivity index (χ3v) is 3.77. The molecule has 1 fully saturated rings. The fourth-order valence-electron chi connectivity index (χ4n) is 2.45. The predicted molar refractivity (Wildman–Crippen MR) is 73.4 cm³/mol. The first-order chi connectivity index (χ1) is 8.68. The smallest absolute Gasteiger partial charge is 0.237 e. The molecule has 3 heteroatoms. The molecule has 0 bridgehead atoms. The van der Waals surface area contributed by atoms with Crippen LogP contribution in [0.2, 0.25) is 0 Å². The Labute approximate surface area is 109 Å². The van der Waals surface area contributed by atoms with Crippen LogP contribution in [0.3, 0.4) is 0 Å². The summed E-state index contributed by atoms with van der Waals surface area (Å²) in [5.74, 6) is 0.937. The average molecular weight is 246 g/mol. The molecule has 1 heterocycles. The second kappa shape index (κ2) is 6.01. The van der Waals surface area contributed by atoms with E-state index in [1.54, 1.807) is 0 Å². The molecule has 98 valence electrons. The lowest BCUT2D eigenvalue weighted by molar-refractivity contribution is -0.123. The average Bonchev–Trinajstić information content (AvgIpc) is 2.83. The van der Waals surface area contributed by atoms with Crippen LogP contribution in [0.15, 0.2) is 30.3 Å². The Morgan fingerprint density at radius 3 is 2.78 bits per heavy atom. The summed E-state index contributed by atoms with van der Waals surface area (Å²) in [6.07, 6.45) is 1.09. The van der Waals surface area contributed by atoms with Gasteiger partial charge in [-0.05, 0) is 30.4 Å². The summed E-state index contributed by atoms with van der Waals surface area (Å²) in [4.78, 5) is 12.0. The van der Waals surface area contributed by atoms with Gasteiger partial charge >= 0.3 is 0 Å². The van der Waals surface area contributed by atoms with E-state index in [4.69, 9.17) is 0 Å². The molecule has 0 saturated carbocycles. The van der Waals surface area contributed by atoms with Crippen molar-refractivity contribution < 1.29 is 4.79 Å². The van der Waals surface area contributed by atoms with Crippen molar-refractivity contribution in [2.75, 3.05) is 13.1 Å². The Morgan fingerprint density at radius 2 is 2.17 bits per heavy atom. The maximum Gasteiger partial charge on any atom is 0.237 e. The van der Waals surface area contributed by atoms with Crippen molar-refractivity contribution in [2.45, 2.75) is 32.2 Å². The normalized spacial score (nSPS) is 24.8. The molecule has 2 rings (SSSR count). The summed E-state index contributed by atoms with van der Waals surface area (Å²) in [6.45, 7) is 5.92. The van der Waals surface area contributed by atoms with Crippen LogP contribution in [-0.4, -0.2) is 25.0 Å². The van der Waals surface area contributed by atoms with Crippen molar-refractivity contribution in [1.29, 1.82) is 0 Å². The monoisotopic (exact) mass is 246 g/mol. The number of nitrogens with one attached hydrogen (secondary N) is 2. The molecule has 0 radical (unpaired) electrons. The molecule has 1 aliphatic rings. The highest BCUT2D eigenvalue weighted by Gasteiger charge is 2.29. The van der Waals surface area contributed by atoms with Crippen LogP contribution in [0.5, 0.6) is 0 Å². The summed E-state index contributed by atoms with van der Waals surface area (Å²) in [5, 5.41) is 6.31. The quantitative estimate of drug-likeness (QED) is 0.852. The van der Waals surface area contributed by atoms with Crippen LogP contribution in [0.25, 0.3) is 0 Å². The number of carbonyl (C=O) groups is 1. The lowest BCUT2D eigenvalue weighted by Gasteiger charge is -2.18. The molecule has 0 aromatic heterocycles. The molecule has 3 atom stereocenters. The van der Waals surface area contributed by atoms with Crippen molar-refractivity contribution in [3.8, 4) is 0 Å². The number of rotatable bonds is 4. The topological polar surface area (TPSA) is 41.1 Å². The van der Waals surface area contributed by atoms with Gasteiger partial charge in [-0.25, -0.2) is 0 Å². The zero-order valence-corrected chi connectivity index (χ0v) is 11.1. The Balaban J connectivity index is 1.83. The minimum Gasteiger partial charge on any atom is -0.354 e. The molecule has 1 amide bonds. The van der Waals surface area contributed by atoms with Gasteiger partial charge in [-0.15, -0.1) is 0 Å². The summed E-state index contributed by atoms with van der Waals surface area (Å²) < 4.78 is 0. The largest absolute Gasteiger partial charge is 0.354 e. The van der Waals surface area contributed by atoms with E-state index >= 15 is 0 Å². The number of hydrogen-bond donors (Lipinski definition) is 2. The zero-order valence-electron chi connectivity index (χ0n) is 11.1. The van der Waals surface area contributed by atoms with E-state index in [2.05, 4.69) is 36.6 Å². The van der Waals surface area contributed by atoms with Crippen LogP contribution in [-0.2, 0) is 4.79 Å². The van der Waals surface area contributed by atoms with Crippen molar-refractivity contribution in [2.24, 2.45) is 5.92 Å². The maximum atomic E-state index is 12.0. The highest BCUT2D eigenvalue weighted by Crippen LogP contribution is 2.16. The summed E-state index contributed by atoms with van der Waals surface area (Å²) in [6, 6.07) is 10.3. The predicted octanol–water partition coefficient (Wildman–Crippen LogP) is 1.90.